The monoisotopic (exact) mass is 225 g/mol. The second-order valence-corrected chi connectivity index (χ2v) is 3.20. The minimum atomic E-state index is -0.498. The van der Waals surface area contributed by atoms with Crippen LogP contribution in [0.15, 0.2) is 18.5 Å². The number of nitrogens with zero attached hydrogens (tertiary/aromatic N) is 2. The first kappa shape index (κ1) is 12.4. The summed E-state index contributed by atoms with van der Waals surface area (Å²) < 4.78 is 5.30. The Morgan fingerprint density at radius 1 is 1.56 bits per heavy atom. The van der Waals surface area contributed by atoms with Crippen molar-refractivity contribution in [2.75, 3.05) is 19.7 Å². The predicted octanol–water partition coefficient (Wildman–Crippen LogP) is 1.37. The van der Waals surface area contributed by atoms with Gasteiger partial charge in [-0.1, -0.05) is 6.92 Å². The van der Waals surface area contributed by atoms with Crippen molar-refractivity contribution < 1.29 is 9.66 Å². The molecule has 0 saturated heterocycles. The van der Waals surface area contributed by atoms with Crippen molar-refractivity contribution in [3.05, 3.63) is 28.6 Å². The number of rotatable bonds is 7. The fraction of sp³-hybridized carbons (Fsp3) is 0.500. The molecule has 1 aromatic heterocycles. The van der Waals surface area contributed by atoms with Gasteiger partial charge < -0.3 is 10.1 Å². The quantitative estimate of drug-likeness (QED) is 0.431. The standard InChI is InChI=1S/C10H15N3O3/c1-2-4-11-6-7-16-10-3-5-12-8-9(10)13(14)15/h3,5,8,11H,2,4,6-7H2,1H3. The Balaban J connectivity index is 2.44. The Hall–Kier alpha value is -1.69. The number of nitrogens with one attached hydrogen (secondary N) is 1. The fourth-order valence-electron chi connectivity index (χ4n) is 1.17. The molecule has 6 nitrogen and oxygen atoms in total. The summed E-state index contributed by atoms with van der Waals surface area (Å²) in [6, 6.07) is 1.50. The lowest BCUT2D eigenvalue weighted by Gasteiger charge is -2.06. The van der Waals surface area contributed by atoms with E-state index in [2.05, 4.69) is 17.2 Å². The highest BCUT2D eigenvalue weighted by Crippen LogP contribution is 2.24. The van der Waals surface area contributed by atoms with Crippen molar-refractivity contribution >= 4 is 5.69 Å². The van der Waals surface area contributed by atoms with Crippen LogP contribution in [-0.2, 0) is 0 Å². The molecule has 1 heterocycles. The lowest BCUT2D eigenvalue weighted by Crippen LogP contribution is -2.21. The van der Waals surface area contributed by atoms with E-state index in [1.54, 1.807) is 0 Å². The van der Waals surface area contributed by atoms with Gasteiger partial charge in [-0.25, -0.2) is 0 Å². The van der Waals surface area contributed by atoms with Gasteiger partial charge in [-0.05, 0) is 13.0 Å². The van der Waals surface area contributed by atoms with Crippen molar-refractivity contribution in [2.24, 2.45) is 0 Å². The van der Waals surface area contributed by atoms with Gasteiger partial charge in [-0.3, -0.25) is 15.1 Å². The molecule has 0 fully saturated rings. The number of aromatic nitrogens is 1. The predicted molar refractivity (Wildman–Crippen MR) is 59.5 cm³/mol. The summed E-state index contributed by atoms with van der Waals surface area (Å²) in [5.41, 5.74) is -0.0991. The third-order valence-electron chi connectivity index (χ3n) is 1.92. The maximum absolute atomic E-state index is 10.6. The molecule has 0 spiro atoms. The molecule has 16 heavy (non-hydrogen) atoms. The van der Waals surface area contributed by atoms with Gasteiger partial charge in [0, 0.05) is 18.8 Å². The highest BCUT2D eigenvalue weighted by Gasteiger charge is 2.13. The van der Waals surface area contributed by atoms with Gasteiger partial charge in [0.2, 0.25) is 0 Å². The molecule has 88 valence electrons. The minimum Gasteiger partial charge on any atom is -0.485 e. The molecule has 0 aliphatic carbocycles. The average molecular weight is 225 g/mol. The van der Waals surface area contributed by atoms with Crippen molar-refractivity contribution in [3.63, 3.8) is 0 Å². The van der Waals surface area contributed by atoms with E-state index in [4.69, 9.17) is 4.74 Å². The van der Waals surface area contributed by atoms with Gasteiger partial charge in [0.05, 0.1) is 4.92 Å². The zero-order valence-corrected chi connectivity index (χ0v) is 9.18. The minimum absolute atomic E-state index is 0.0991. The van der Waals surface area contributed by atoms with E-state index < -0.39 is 4.92 Å². The van der Waals surface area contributed by atoms with Crippen LogP contribution >= 0.6 is 0 Å². The van der Waals surface area contributed by atoms with E-state index in [-0.39, 0.29) is 11.4 Å². The molecule has 1 aromatic rings. The normalized spacial score (nSPS) is 10.1. The number of ether oxygens (including phenoxy) is 1. The van der Waals surface area contributed by atoms with Crippen LogP contribution in [0.5, 0.6) is 5.75 Å². The highest BCUT2D eigenvalue weighted by atomic mass is 16.6. The van der Waals surface area contributed by atoms with Gasteiger partial charge >= 0.3 is 5.69 Å². The molecular formula is C10H15N3O3. The average Bonchev–Trinajstić information content (AvgIpc) is 2.29. The van der Waals surface area contributed by atoms with E-state index in [1.165, 1.54) is 18.5 Å². The third kappa shape index (κ3) is 3.82. The van der Waals surface area contributed by atoms with Crippen LogP contribution in [0.4, 0.5) is 5.69 Å². The topological polar surface area (TPSA) is 77.3 Å². The van der Waals surface area contributed by atoms with Crippen molar-refractivity contribution in [1.29, 1.82) is 0 Å². The Morgan fingerprint density at radius 3 is 3.06 bits per heavy atom. The summed E-state index contributed by atoms with van der Waals surface area (Å²) in [4.78, 5) is 13.8. The first-order valence-corrected chi connectivity index (χ1v) is 5.17. The van der Waals surface area contributed by atoms with Crippen molar-refractivity contribution in [3.8, 4) is 5.75 Å². The number of hydrogen-bond donors (Lipinski definition) is 1. The van der Waals surface area contributed by atoms with E-state index in [0.29, 0.717) is 13.2 Å². The van der Waals surface area contributed by atoms with Crippen LogP contribution in [0.3, 0.4) is 0 Å². The number of nitro groups is 1. The summed E-state index contributed by atoms with van der Waals surface area (Å²) in [5, 5.41) is 13.8. The largest absolute Gasteiger partial charge is 0.485 e. The molecule has 6 heteroatoms. The molecule has 0 aliphatic rings. The lowest BCUT2D eigenvalue weighted by molar-refractivity contribution is -0.386. The highest BCUT2D eigenvalue weighted by molar-refractivity contribution is 5.42. The van der Waals surface area contributed by atoms with Gasteiger partial charge in [-0.15, -0.1) is 0 Å². The molecule has 0 atom stereocenters. The van der Waals surface area contributed by atoms with E-state index in [9.17, 15) is 10.1 Å². The Bertz CT molecular complexity index is 344. The third-order valence-corrected chi connectivity index (χ3v) is 1.92. The van der Waals surface area contributed by atoms with Crippen LogP contribution in [0.2, 0.25) is 0 Å². The van der Waals surface area contributed by atoms with E-state index >= 15 is 0 Å². The molecule has 1 N–H and O–H groups in total. The van der Waals surface area contributed by atoms with Gasteiger partial charge in [0.15, 0.2) is 5.75 Å². The molecule has 1 rings (SSSR count). The van der Waals surface area contributed by atoms with E-state index in [0.717, 1.165) is 13.0 Å². The maximum Gasteiger partial charge on any atom is 0.329 e. The van der Waals surface area contributed by atoms with Crippen LogP contribution in [0, 0.1) is 10.1 Å². The zero-order chi connectivity index (χ0) is 11.8. The van der Waals surface area contributed by atoms with Crippen molar-refractivity contribution in [2.45, 2.75) is 13.3 Å². The van der Waals surface area contributed by atoms with Crippen LogP contribution < -0.4 is 10.1 Å². The summed E-state index contributed by atoms with van der Waals surface area (Å²) in [6.45, 7) is 4.07. The fourth-order valence-corrected chi connectivity index (χ4v) is 1.17. The summed E-state index contributed by atoms with van der Waals surface area (Å²) in [6.07, 6.45) is 3.71. The van der Waals surface area contributed by atoms with Gasteiger partial charge in [0.25, 0.3) is 0 Å². The summed E-state index contributed by atoms with van der Waals surface area (Å²) >= 11 is 0. The molecule has 0 aliphatic heterocycles. The number of hydrogen-bond acceptors (Lipinski definition) is 5. The first-order valence-electron chi connectivity index (χ1n) is 5.17. The van der Waals surface area contributed by atoms with Crippen LogP contribution in [0.25, 0.3) is 0 Å². The first-order chi connectivity index (χ1) is 7.75. The molecule has 0 bridgehead atoms. The Morgan fingerprint density at radius 2 is 2.38 bits per heavy atom. The SMILES string of the molecule is CCCNCCOc1ccncc1[N+](=O)[O-]. The van der Waals surface area contributed by atoms with Gasteiger partial charge in [-0.2, -0.15) is 0 Å². The second kappa shape index (κ2) is 6.73. The molecule has 0 unspecified atom stereocenters. The molecule has 0 aromatic carbocycles. The van der Waals surface area contributed by atoms with E-state index in [1.807, 2.05) is 0 Å². The Labute approximate surface area is 93.8 Å². The molecule has 0 saturated carbocycles. The molecule has 0 radical (unpaired) electrons. The molecule has 0 amide bonds. The van der Waals surface area contributed by atoms with Crippen molar-refractivity contribution in [1.82, 2.24) is 10.3 Å². The smallest absolute Gasteiger partial charge is 0.329 e. The summed E-state index contributed by atoms with van der Waals surface area (Å²) in [7, 11) is 0. The zero-order valence-electron chi connectivity index (χ0n) is 9.18. The Kier molecular flexibility index (Phi) is 5.21. The number of pyridine rings is 1. The molecular weight excluding hydrogens is 210 g/mol. The summed E-state index contributed by atoms with van der Waals surface area (Å²) in [5.74, 6) is 0.262. The van der Waals surface area contributed by atoms with Crippen LogP contribution in [0.1, 0.15) is 13.3 Å². The van der Waals surface area contributed by atoms with Gasteiger partial charge in [0.1, 0.15) is 12.8 Å². The lowest BCUT2D eigenvalue weighted by atomic mass is 10.4. The van der Waals surface area contributed by atoms with Crippen LogP contribution in [-0.4, -0.2) is 29.6 Å². The maximum atomic E-state index is 10.6. The second-order valence-electron chi connectivity index (χ2n) is 3.20.